The maximum atomic E-state index is 8.17. The molecule has 0 aromatic carbocycles. The van der Waals surface area contributed by atoms with Crippen molar-refractivity contribution in [2.24, 2.45) is 0 Å². The predicted octanol–water partition coefficient (Wildman–Crippen LogP) is 2.70. The van der Waals surface area contributed by atoms with Crippen molar-refractivity contribution in [3.05, 3.63) is 0 Å². The molecule has 0 heterocycles. The Labute approximate surface area is 61.6 Å². The van der Waals surface area contributed by atoms with E-state index < -0.39 is 0 Å². The Morgan fingerprint density at radius 3 is 2.67 bits per heavy atom. The lowest BCUT2D eigenvalue weighted by molar-refractivity contribution is 0.687. The van der Waals surface area contributed by atoms with Gasteiger partial charge in [0, 0.05) is 11.8 Å². The van der Waals surface area contributed by atoms with Gasteiger partial charge in [-0.3, -0.25) is 0 Å². The van der Waals surface area contributed by atoms with Crippen molar-refractivity contribution in [3.63, 3.8) is 0 Å². The van der Waals surface area contributed by atoms with Crippen LogP contribution < -0.4 is 0 Å². The molecule has 0 fully saturated rings. The van der Waals surface area contributed by atoms with Crippen LogP contribution in [0.5, 0.6) is 0 Å². The second-order valence-electron chi connectivity index (χ2n) is 2.08. The van der Waals surface area contributed by atoms with E-state index in [1.165, 1.54) is 0 Å². The van der Waals surface area contributed by atoms with Crippen molar-refractivity contribution in [3.8, 4) is 6.07 Å². The summed E-state index contributed by atoms with van der Waals surface area (Å²) in [5.41, 5.74) is 0. The summed E-state index contributed by atoms with van der Waals surface area (Å²) in [6.07, 6.45) is 3.57. The number of nitrogens with zero attached hydrogens (tertiary/aromatic N) is 1. The standard InChI is InChI=1S/C7H12ClN/c1-2-4-7(8)5-3-6-9/h7H,2-5H2,1H3. The molecule has 0 spiro atoms. The molecule has 0 bridgehead atoms. The van der Waals surface area contributed by atoms with E-state index in [0.29, 0.717) is 6.42 Å². The Morgan fingerprint density at radius 1 is 1.56 bits per heavy atom. The average Bonchev–Trinajstić information content (AvgIpc) is 1.85. The summed E-state index contributed by atoms with van der Waals surface area (Å²) in [5.74, 6) is 0. The summed E-state index contributed by atoms with van der Waals surface area (Å²) in [6.45, 7) is 2.10. The molecule has 1 unspecified atom stereocenters. The minimum absolute atomic E-state index is 0.217. The number of hydrogen-bond acceptors (Lipinski definition) is 1. The van der Waals surface area contributed by atoms with Gasteiger partial charge in [0.25, 0.3) is 0 Å². The first-order valence-electron chi connectivity index (χ1n) is 3.32. The van der Waals surface area contributed by atoms with E-state index in [9.17, 15) is 0 Å². The van der Waals surface area contributed by atoms with E-state index >= 15 is 0 Å². The minimum atomic E-state index is 0.217. The van der Waals surface area contributed by atoms with Gasteiger partial charge in [-0.25, -0.2) is 0 Å². The number of rotatable bonds is 4. The molecule has 0 aliphatic heterocycles. The number of alkyl halides is 1. The minimum Gasteiger partial charge on any atom is -0.198 e. The molecule has 9 heavy (non-hydrogen) atoms. The van der Waals surface area contributed by atoms with E-state index in [1.807, 2.05) is 0 Å². The van der Waals surface area contributed by atoms with Crippen molar-refractivity contribution >= 4 is 11.6 Å². The van der Waals surface area contributed by atoms with Crippen LogP contribution in [0.2, 0.25) is 0 Å². The Kier molecular flexibility index (Phi) is 5.76. The first kappa shape index (κ1) is 8.78. The molecule has 0 aliphatic carbocycles. The van der Waals surface area contributed by atoms with Gasteiger partial charge in [0.1, 0.15) is 0 Å². The molecule has 1 nitrogen and oxygen atoms in total. The molecule has 1 atom stereocenters. The molecular formula is C7H12ClN. The SMILES string of the molecule is CCCC(Cl)CCC#N. The van der Waals surface area contributed by atoms with Gasteiger partial charge in [0.15, 0.2) is 0 Å². The fourth-order valence-electron chi connectivity index (χ4n) is 0.679. The lowest BCUT2D eigenvalue weighted by Gasteiger charge is -2.02. The Balaban J connectivity index is 3.07. The van der Waals surface area contributed by atoms with Gasteiger partial charge in [-0.1, -0.05) is 13.3 Å². The van der Waals surface area contributed by atoms with Gasteiger partial charge >= 0.3 is 0 Å². The zero-order valence-electron chi connectivity index (χ0n) is 5.73. The highest BCUT2D eigenvalue weighted by Gasteiger charge is 2.00. The second-order valence-corrected chi connectivity index (χ2v) is 2.70. The van der Waals surface area contributed by atoms with Crippen LogP contribution in [0.1, 0.15) is 32.6 Å². The molecule has 0 N–H and O–H groups in total. The van der Waals surface area contributed by atoms with Crippen LogP contribution in [-0.2, 0) is 0 Å². The van der Waals surface area contributed by atoms with E-state index in [0.717, 1.165) is 19.3 Å². The Hall–Kier alpha value is -0.220. The molecule has 0 aliphatic rings. The van der Waals surface area contributed by atoms with Gasteiger partial charge in [-0.15, -0.1) is 11.6 Å². The molecular weight excluding hydrogens is 134 g/mol. The third-order valence-corrected chi connectivity index (χ3v) is 1.61. The molecule has 0 saturated carbocycles. The van der Waals surface area contributed by atoms with E-state index in [4.69, 9.17) is 16.9 Å². The van der Waals surface area contributed by atoms with Crippen LogP contribution >= 0.6 is 11.6 Å². The van der Waals surface area contributed by atoms with Crippen LogP contribution in [0.15, 0.2) is 0 Å². The molecule has 52 valence electrons. The van der Waals surface area contributed by atoms with Crippen molar-refractivity contribution in [2.45, 2.75) is 38.0 Å². The summed E-state index contributed by atoms with van der Waals surface area (Å²) in [6, 6.07) is 2.07. The number of halogens is 1. The maximum absolute atomic E-state index is 8.17. The fourth-order valence-corrected chi connectivity index (χ4v) is 1.01. The highest BCUT2D eigenvalue weighted by Crippen LogP contribution is 2.10. The summed E-state index contributed by atoms with van der Waals surface area (Å²) < 4.78 is 0. The second kappa shape index (κ2) is 5.91. The van der Waals surface area contributed by atoms with Crippen LogP contribution in [0.3, 0.4) is 0 Å². The maximum Gasteiger partial charge on any atom is 0.0622 e. The summed E-state index contributed by atoms with van der Waals surface area (Å²) in [5, 5.41) is 8.39. The lowest BCUT2D eigenvalue weighted by atomic mass is 10.2. The topological polar surface area (TPSA) is 23.8 Å². The smallest absolute Gasteiger partial charge is 0.0622 e. The molecule has 0 aromatic rings. The highest BCUT2D eigenvalue weighted by atomic mass is 35.5. The van der Waals surface area contributed by atoms with Crippen LogP contribution in [0.4, 0.5) is 0 Å². The quantitative estimate of drug-likeness (QED) is 0.558. The monoisotopic (exact) mass is 145 g/mol. The molecule has 2 heteroatoms. The van der Waals surface area contributed by atoms with Crippen molar-refractivity contribution < 1.29 is 0 Å². The van der Waals surface area contributed by atoms with Gasteiger partial charge in [-0.2, -0.15) is 5.26 Å². The Bertz CT molecular complexity index is 95.6. The normalized spacial score (nSPS) is 12.6. The summed E-state index contributed by atoms with van der Waals surface area (Å²) in [7, 11) is 0. The van der Waals surface area contributed by atoms with Gasteiger partial charge < -0.3 is 0 Å². The van der Waals surface area contributed by atoms with Crippen molar-refractivity contribution in [1.82, 2.24) is 0 Å². The fraction of sp³-hybridized carbons (Fsp3) is 0.857. The third kappa shape index (κ3) is 5.65. The van der Waals surface area contributed by atoms with Crippen molar-refractivity contribution in [2.75, 3.05) is 0 Å². The molecule has 0 rings (SSSR count). The third-order valence-electron chi connectivity index (χ3n) is 1.17. The van der Waals surface area contributed by atoms with E-state index in [1.54, 1.807) is 0 Å². The first-order chi connectivity index (χ1) is 4.31. The van der Waals surface area contributed by atoms with E-state index in [-0.39, 0.29) is 5.38 Å². The van der Waals surface area contributed by atoms with Crippen LogP contribution in [-0.4, -0.2) is 5.38 Å². The summed E-state index contributed by atoms with van der Waals surface area (Å²) in [4.78, 5) is 0. The first-order valence-corrected chi connectivity index (χ1v) is 3.76. The van der Waals surface area contributed by atoms with Crippen LogP contribution in [0.25, 0.3) is 0 Å². The molecule has 0 amide bonds. The van der Waals surface area contributed by atoms with Crippen molar-refractivity contribution in [1.29, 1.82) is 5.26 Å². The number of hydrogen-bond donors (Lipinski definition) is 0. The zero-order valence-corrected chi connectivity index (χ0v) is 6.49. The molecule has 0 saturated heterocycles. The lowest BCUT2D eigenvalue weighted by Crippen LogP contribution is -1.95. The van der Waals surface area contributed by atoms with Gasteiger partial charge in [-0.05, 0) is 12.8 Å². The predicted molar refractivity (Wildman–Crippen MR) is 39.4 cm³/mol. The average molecular weight is 146 g/mol. The Morgan fingerprint density at radius 2 is 2.22 bits per heavy atom. The molecule has 0 radical (unpaired) electrons. The van der Waals surface area contributed by atoms with E-state index in [2.05, 4.69) is 13.0 Å². The summed E-state index contributed by atoms with van der Waals surface area (Å²) >= 11 is 5.81. The highest BCUT2D eigenvalue weighted by molar-refractivity contribution is 6.20. The van der Waals surface area contributed by atoms with Gasteiger partial charge in [0.2, 0.25) is 0 Å². The molecule has 0 aromatic heterocycles. The zero-order chi connectivity index (χ0) is 7.11. The van der Waals surface area contributed by atoms with Gasteiger partial charge in [0.05, 0.1) is 6.07 Å². The van der Waals surface area contributed by atoms with Crippen LogP contribution in [0, 0.1) is 11.3 Å². The largest absolute Gasteiger partial charge is 0.198 e. The number of nitriles is 1.